The maximum Gasteiger partial charge on any atom is 0.248 e. The number of sulfonamides is 1. The van der Waals surface area contributed by atoms with Gasteiger partial charge in [-0.2, -0.15) is 4.31 Å². The third-order valence-electron chi connectivity index (χ3n) is 6.31. The SMILES string of the molecule is Cc1noc(C)c1S(=O)(=O)N1CCC(C(=O)Nc2ccc(N3CCC(C)C3)cc2)CC1. The summed E-state index contributed by atoms with van der Waals surface area (Å²) in [5, 5.41) is 6.74. The molecule has 1 N–H and O–H groups in total. The van der Waals surface area contributed by atoms with E-state index < -0.39 is 10.0 Å². The van der Waals surface area contributed by atoms with E-state index in [2.05, 4.69) is 22.3 Å². The van der Waals surface area contributed by atoms with Crippen LogP contribution in [0, 0.1) is 25.7 Å². The monoisotopic (exact) mass is 446 g/mol. The fourth-order valence-corrected chi connectivity index (χ4v) is 6.26. The molecule has 0 aliphatic carbocycles. The van der Waals surface area contributed by atoms with Crippen molar-refractivity contribution in [3.63, 3.8) is 0 Å². The Balaban J connectivity index is 1.33. The maximum atomic E-state index is 12.9. The van der Waals surface area contributed by atoms with Gasteiger partial charge in [0.05, 0.1) is 0 Å². The molecule has 0 saturated carbocycles. The van der Waals surface area contributed by atoms with E-state index in [-0.39, 0.29) is 16.7 Å². The van der Waals surface area contributed by atoms with Gasteiger partial charge in [-0.05, 0) is 63.3 Å². The van der Waals surface area contributed by atoms with Gasteiger partial charge in [0.25, 0.3) is 0 Å². The normalized spacial score (nSPS) is 20.9. The zero-order valence-electron chi connectivity index (χ0n) is 18.3. The van der Waals surface area contributed by atoms with E-state index in [9.17, 15) is 13.2 Å². The number of carbonyl (C=O) groups is 1. The number of hydrogen-bond acceptors (Lipinski definition) is 6. The average Bonchev–Trinajstić information content (AvgIpc) is 3.33. The molecule has 1 unspecified atom stereocenters. The number of anilines is 2. The van der Waals surface area contributed by atoms with Crippen LogP contribution in [0.4, 0.5) is 11.4 Å². The molecule has 2 aromatic rings. The molecule has 31 heavy (non-hydrogen) atoms. The largest absolute Gasteiger partial charge is 0.371 e. The van der Waals surface area contributed by atoms with Gasteiger partial charge in [-0.1, -0.05) is 12.1 Å². The molecule has 2 fully saturated rings. The lowest BCUT2D eigenvalue weighted by molar-refractivity contribution is -0.120. The van der Waals surface area contributed by atoms with E-state index in [1.54, 1.807) is 13.8 Å². The van der Waals surface area contributed by atoms with Crippen LogP contribution in [0.3, 0.4) is 0 Å². The van der Waals surface area contributed by atoms with Crippen molar-refractivity contribution in [2.24, 2.45) is 11.8 Å². The first-order valence-corrected chi connectivity index (χ1v) is 12.3. The summed E-state index contributed by atoms with van der Waals surface area (Å²) in [6, 6.07) is 7.97. The zero-order chi connectivity index (χ0) is 22.2. The quantitative estimate of drug-likeness (QED) is 0.758. The Morgan fingerprint density at radius 1 is 1.10 bits per heavy atom. The Hall–Kier alpha value is -2.39. The minimum Gasteiger partial charge on any atom is -0.371 e. The number of piperidine rings is 1. The van der Waals surface area contributed by atoms with Crippen molar-refractivity contribution in [1.82, 2.24) is 9.46 Å². The van der Waals surface area contributed by atoms with Gasteiger partial charge in [0.1, 0.15) is 10.6 Å². The van der Waals surface area contributed by atoms with Crippen LogP contribution in [0.2, 0.25) is 0 Å². The van der Waals surface area contributed by atoms with Crippen molar-refractivity contribution in [2.75, 3.05) is 36.4 Å². The second kappa shape index (κ2) is 8.63. The molecule has 1 atom stereocenters. The highest BCUT2D eigenvalue weighted by atomic mass is 32.2. The minimum atomic E-state index is -3.66. The third-order valence-corrected chi connectivity index (χ3v) is 8.46. The topological polar surface area (TPSA) is 95.8 Å². The van der Waals surface area contributed by atoms with Gasteiger partial charge in [0, 0.05) is 43.5 Å². The summed E-state index contributed by atoms with van der Waals surface area (Å²) in [5.41, 5.74) is 2.32. The van der Waals surface area contributed by atoms with Crippen LogP contribution >= 0.6 is 0 Å². The molecular weight excluding hydrogens is 416 g/mol. The zero-order valence-corrected chi connectivity index (χ0v) is 19.1. The average molecular weight is 447 g/mol. The molecule has 4 rings (SSSR count). The number of rotatable bonds is 5. The predicted octanol–water partition coefficient (Wildman–Crippen LogP) is 3.18. The summed E-state index contributed by atoms with van der Waals surface area (Å²) < 4.78 is 32.3. The first kappa shape index (κ1) is 21.8. The first-order valence-electron chi connectivity index (χ1n) is 10.8. The molecule has 0 bridgehead atoms. The van der Waals surface area contributed by atoms with E-state index in [1.165, 1.54) is 16.4 Å². The number of nitrogens with one attached hydrogen (secondary N) is 1. The van der Waals surface area contributed by atoms with Crippen molar-refractivity contribution < 1.29 is 17.7 Å². The summed E-state index contributed by atoms with van der Waals surface area (Å²) in [7, 11) is -3.66. The van der Waals surface area contributed by atoms with E-state index in [0.717, 1.165) is 18.8 Å². The summed E-state index contributed by atoms with van der Waals surface area (Å²) in [6.07, 6.45) is 2.18. The predicted molar refractivity (Wildman–Crippen MR) is 119 cm³/mol. The van der Waals surface area contributed by atoms with Gasteiger partial charge in [-0.3, -0.25) is 4.79 Å². The van der Waals surface area contributed by atoms with Crippen molar-refractivity contribution >= 4 is 27.3 Å². The highest BCUT2D eigenvalue weighted by Gasteiger charge is 2.35. The van der Waals surface area contributed by atoms with Gasteiger partial charge in [0.15, 0.2) is 5.76 Å². The van der Waals surface area contributed by atoms with Gasteiger partial charge in [0.2, 0.25) is 15.9 Å². The van der Waals surface area contributed by atoms with Crippen molar-refractivity contribution in [3.8, 4) is 0 Å². The Labute approximate surface area is 183 Å². The van der Waals surface area contributed by atoms with Gasteiger partial charge < -0.3 is 14.7 Å². The lowest BCUT2D eigenvalue weighted by atomic mass is 9.97. The van der Waals surface area contributed by atoms with Gasteiger partial charge >= 0.3 is 0 Å². The standard InChI is InChI=1S/C22H30N4O4S/c1-15-8-11-25(14-15)20-6-4-19(5-7-20)23-22(27)18-9-12-26(13-10-18)31(28,29)21-16(2)24-30-17(21)3/h4-7,15,18H,8-14H2,1-3H3,(H,23,27). The molecule has 2 aliphatic rings. The molecule has 2 saturated heterocycles. The summed E-state index contributed by atoms with van der Waals surface area (Å²) in [5.74, 6) is 0.739. The molecule has 1 amide bonds. The molecule has 3 heterocycles. The molecule has 0 spiro atoms. The molecule has 8 nitrogen and oxygen atoms in total. The Kier molecular flexibility index (Phi) is 6.07. The molecule has 168 valence electrons. The summed E-state index contributed by atoms with van der Waals surface area (Å²) in [6.45, 7) is 8.23. The first-order chi connectivity index (χ1) is 14.8. The molecular formula is C22H30N4O4S. The van der Waals surface area contributed by atoms with Crippen LogP contribution in [-0.4, -0.2) is 50.0 Å². The minimum absolute atomic E-state index is 0.0584. The van der Waals surface area contributed by atoms with Crippen molar-refractivity contribution in [1.29, 1.82) is 0 Å². The Bertz CT molecular complexity index is 1020. The van der Waals surface area contributed by atoms with Gasteiger partial charge in [-0.15, -0.1) is 0 Å². The highest BCUT2D eigenvalue weighted by molar-refractivity contribution is 7.89. The number of amides is 1. The molecule has 9 heteroatoms. The van der Waals surface area contributed by atoms with Crippen LogP contribution in [-0.2, 0) is 14.8 Å². The van der Waals surface area contributed by atoms with Crippen molar-refractivity contribution in [2.45, 2.75) is 44.9 Å². The molecule has 0 radical (unpaired) electrons. The maximum absolute atomic E-state index is 12.9. The number of nitrogens with zero attached hydrogens (tertiary/aromatic N) is 3. The van der Waals surface area contributed by atoms with Crippen LogP contribution in [0.1, 0.15) is 37.6 Å². The molecule has 1 aromatic heterocycles. The van der Waals surface area contributed by atoms with Crippen molar-refractivity contribution in [3.05, 3.63) is 35.7 Å². The van der Waals surface area contributed by atoms with Gasteiger partial charge in [-0.25, -0.2) is 8.42 Å². The fraction of sp³-hybridized carbons (Fsp3) is 0.545. The Morgan fingerprint density at radius 2 is 1.77 bits per heavy atom. The number of aryl methyl sites for hydroxylation is 2. The number of hydrogen-bond donors (Lipinski definition) is 1. The van der Waals surface area contributed by atoms with Crippen LogP contribution in [0.5, 0.6) is 0 Å². The highest BCUT2D eigenvalue weighted by Crippen LogP contribution is 2.29. The summed E-state index contributed by atoms with van der Waals surface area (Å²) >= 11 is 0. The lowest BCUT2D eigenvalue weighted by Crippen LogP contribution is -2.41. The second-order valence-corrected chi connectivity index (χ2v) is 10.6. The fourth-order valence-electron chi connectivity index (χ4n) is 4.50. The molecule has 1 aromatic carbocycles. The lowest BCUT2D eigenvalue weighted by Gasteiger charge is -2.30. The number of aromatic nitrogens is 1. The summed E-state index contributed by atoms with van der Waals surface area (Å²) in [4.78, 5) is 15.2. The number of benzene rings is 1. The molecule has 2 aliphatic heterocycles. The van der Waals surface area contributed by atoms with Crippen LogP contribution in [0.15, 0.2) is 33.7 Å². The Morgan fingerprint density at radius 3 is 2.32 bits per heavy atom. The van der Waals surface area contributed by atoms with E-state index in [4.69, 9.17) is 4.52 Å². The van der Waals surface area contributed by atoms with E-state index in [1.807, 2.05) is 24.3 Å². The smallest absolute Gasteiger partial charge is 0.248 e. The van der Waals surface area contributed by atoms with E-state index in [0.29, 0.717) is 43.3 Å². The second-order valence-electron chi connectivity index (χ2n) is 8.71. The number of carbonyl (C=O) groups excluding carboxylic acids is 1. The van der Waals surface area contributed by atoms with Crippen LogP contribution < -0.4 is 10.2 Å². The third kappa shape index (κ3) is 4.48. The van der Waals surface area contributed by atoms with E-state index >= 15 is 0 Å². The van der Waals surface area contributed by atoms with Crippen LogP contribution in [0.25, 0.3) is 0 Å².